The Kier molecular flexibility index (Phi) is 6.33. The lowest BCUT2D eigenvalue weighted by Gasteiger charge is -2.23. The molecule has 0 saturated carbocycles. The zero-order chi connectivity index (χ0) is 20.9. The first-order valence-corrected chi connectivity index (χ1v) is 10.9. The summed E-state index contributed by atoms with van der Waals surface area (Å²) in [5, 5.41) is 10.6. The van der Waals surface area contributed by atoms with Crippen molar-refractivity contribution in [3.63, 3.8) is 0 Å². The predicted octanol–water partition coefficient (Wildman–Crippen LogP) is 3.54. The topological polar surface area (TPSA) is 71.0 Å². The van der Waals surface area contributed by atoms with Gasteiger partial charge < -0.3 is 20.5 Å². The lowest BCUT2D eigenvalue weighted by molar-refractivity contribution is 0.0954. The number of benzene rings is 1. The molecule has 158 valence electrons. The maximum absolute atomic E-state index is 12.8. The first-order chi connectivity index (χ1) is 14.7. The summed E-state index contributed by atoms with van der Waals surface area (Å²) in [6.07, 6.45) is 6.92. The van der Waals surface area contributed by atoms with E-state index in [0.717, 1.165) is 42.8 Å². The standard InChI is InChI=1S/C24H31N5O/c1-3-29-15-11-20-22(25-2)21(16-28-23(20)29)24(30)27-14-8-17-4-6-18(7-5-17)19-9-12-26-13-10-19/h4-7,11,15-16,19,26H,3,8-10,12-14H2,1-2H3,(H,25,28)(H,27,30). The van der Waals surface area contributed by atoms with Gasteiger partial charge in [-0.1, -0.05) is 24.3 Å². The maximum Gasteiger partial charge on any atom is 0.254 e. The largest absolute Gasteiger partial charge is 0.387 e. The molecule has 2 aromatic heterocycles. The number of hydrogen-bond acceptors (Lipinski definition) is 4. The highest BCUT2D eigenvalue weighted by Gasteiger charge is 2.17. The Morgan fingerprint density at radius 3 is 2.67 bits per heavy atom. The summed E-state index contributed by atoms with van der Waals surface area (Å²) in [6, 6.07) is 10.9. The number of fused-ring (bicyclic) bond motifs is 1. The molecular weight excluding hydrogens is 374 g/mol. The van der Waals surface area contributed by atoms with Crippen LogP contribution in [0.5, 0.6) is 0 Å². The third-order valence-electron chi connectivity index (χ3n) is 6.11. The SMILES string of the molecule is CCn1ccc2c(NC)c(C(=O)NCCc3ccc(C4CCNCC4)cc3)cnc21. The number of rotatable bonds is 7. The van der Waals surface area contributed by atoms with Crippen molar-refractivity contribution < 1.29 is 4.79 Å². The van der Waals surface area contributed by atoms with Gasteiger partial charge in [0, 0.05) is 37.9 Å². The minimum absolute atomic E-state index is 0.0932. The monoisotopic (exact) mass is 405 g/mol. The van der Waals surface area contributed by atoms with Gasteiger partial charge in [0.15, 0.2) is 0 Å². The van der Waals surface area contributed by atoms with Gasteiger partial charge in [0.2, 0.25) is 0 Å². The third kappa shape index (κ3) is 4.19. The van der Waals surface area contributed by atoms with Crippen molar-refractivity contribution in [1.82, 2.24) is 20.2 Å². The molecule has 3 N–H and O–H groups in total. The molecule has 1 aromatic carbocycles. The molecule has 1 saturated heterocycles. The van der Waals surface area contributed by atoms with E-state index in [2.05, 4.69) is 56.7 Å². The summed E-state index contributed by atoms with van der Waals surface area (Å²) in [4.78, 5) is 17.3. The third-order valence-corrected chi connectivity index (χ3v) is 6.11. The minimum Gasteiger partial charge on any atom is -0.387 e. The number of nitrogens with one attached hydrogen (secondary N) is 3. The second-order valence-electron chi connectivity index (χ2n) is 7.91. The van der Waals surface area contributed by atoms with Gasteiger partial charge in [-0.2, -0.15) is 0 Å². The van der Waals surface area contributed by atoms with Gasteiger partial charge in [-0.05, 0) is 62.4 Å². The highest BCUT2D eigenvalue weighted by atomic mass is 16.1. The lowest BCUT2D eigenvalue weighted by Crippen LogP contribution is -2.27. The first kappa shape index (κ1) is 20.4. The fraction of sp³-hybridized carbons (Fsp3) is 0.417. The molecule has 0 radical (unpaired) electrons. The van der Waals surface area contributed by atoms with E-state index in [1.165, 1.54) is 24.0 Å². The molecule has 6 nitrogen and oxygen atoms in total. The molecule has 1 fully saturated rings. The van der Waals surface area contributed by atoms with Crippen LogP contribution in [0.1, 0.15) is 47.2 Å². The molecule has 3 aromatic rings. The maximum atomic E-state index is 12.8. The second kappa shape index (κ2) is 9.30. The van der Waals surface area contributed by atoms with Crippen LogP contribution in [-0.2, 0) is 13.0 Å². The van der Waals surface area contributed by atoms with E-state index < -0.39 is 0 Å². The zero-order valence-electron chi connectivity index (χ0n) is 17.9. The highest BCUT2D eigenvalue weighted by Crippen LogP contribution is 2.27. The van der Waals surface area contributed by atoms with E-state index >= 15 is 0 Å². The fourth-order valence-corrected chi connectivity index (χ4v) is 4.36. The van der Waals surface area contributed by atoms with Gasteiger partial charge in [-0.25, -0.2) is 4.98 Å². The number of amides is 1. The number of pyridine rings is 1. The number of carbonyl (C=O) groups is 1. The van der Waals surface area contributed by atoms with Crippen LogP contribution in [0.15, 0.2) is 42.7 Å². The second-order valence-corrected chi connectivity index (χ2v) is 7.91. The average Bonchev–Trinajstić information content (AvgIpc) is 3.22. The molecule has 6 heteroatoms. The quantitative estimate of drug-likeness (QED) is 0.562. The molecule has 0 unspecified atom stereocenters. The molecule has 0 bridgehead atoms. The smallest absolute Gasteiger partial charge is 0.254 e. The van der Waals surface area contributed by atoms with Crippen molar-refractivity contribution in [2.45, 2.75) is 38.6 Å². The Hall–Kier alpha value is -2.86. The van der Waals surface area contributed by atoms with Crippen LogP contribution in [0, 0.1) is 0 Å². The lowest BCUT2D eigenvalue weighted by atomic mass is 9.89. The van der Waals surface area contributed by atoms with Crippen LogP contribution in [0.25, 0.3) is 11.0 Å². The van der Waals surface area contributed by atoms with Gasteiger partial charge in [0.25, 0.3) is 5.91 Å². The predicted molar refractivity (Wildman–Crippen MR) is 122 cm³/mol. The van der Waals surface area contributed by atoms with Crippen LogP contribution in [0.4, 0.5) is 5.69 Å². The van der Waals surface area contributed by atoms with Crippen molar-refractivity contribution >= 4 is 22.6 Å². The van der Waals surface area contributed by atoms with Crippen molar-refractivity contribution in [1.29, 1.82) is 0 Å². The van der Waals surface area contributed by atoms with E-state index in [9.17, 15) is 4.79 Å². The average molecular weight is 406 g/mol. The molecule has 3 heterocycles. The van der Waals surface area contributed by atoms with E-state index in [0.29, 0.717) is 18.0 Å². The number of aryl methyl sites for hydroxylation is 1. The van der Waals surface area contributed by atoms with Crippen LogP contribution in [0.2, 0.25) is 0 Å². The minimum atomic E-state index is -0.0932. The van der Waals surface area contributed by atoms with Crippen molar-refractivity contribution in [3.8, 4) is 0 Å². The summed E-state index contributed by atoms with van der Waals surface area (Å²) < 4.78 is 2.07. The number of piperidine rings is 1. The summed E-state index contributed by atoms with van der Waals surface area (Å²) in [5.41, 5.74) is 4.99. The molecule has 1 amide bonds. The number of carbonyl (C=O) groups excluding carboxylic acids is 1. The van der Waals surface area contributed by atoms with Gasteiger partial charge in [0.1, 0.15) is 5.65 Å². The van der Waals surface area contributed by atoms with E-state index in [1.807, 2.05) is 19.3 Å². The van der Waals surface area contributed by atoms with E-state index in [1.54, 1.807) is 6.20 Å². The van der Waals surface area contributed by atoms with Crippen LogP contribution >= 0.6 is 0 Å². The Balaban J connectivity index is 1.38. The van der Waals surface area contributed by atoms with Crippen molar-refractivity contribution in [2.24, 2.45) is 0 Å². The van der Waals surface area contributed by atoms with E-state index in [-0.39, 0.29) is 5.91 Å². The molecule has 30 heavy (non-hydrogen) atoms. The molecule has 0 atom stereocenters. The molecule has 1 aliphatic rings. The number of anilines is 1. The van der Waals surface area contributed by atoms with Crippen molar-refractivity contribution in [2.75, 3.05) is 32.0 Å². The van der Waals surface area contributed by atoms with Crippen LogP contribution in [-0.4, -0.2) is 42.1 Å². The Morgan fingerprint density at radius 2 is 1.97 bits per heavy atom. The van der Waals surface area contributed by atoms with Gasteiger partial charge in [-0.15, -0.1) is 0 Å². The Labute approximate surface area is 178 Å². The number of nitrogens with zero attached hydrogens (tertiary/aromatic N) is 2. The Morgan fingerprint density at radius 1 is 1.20 bits per heavy atom. The van der Waals surface area contributed by atoms with Crippen LogP contribution in [0.3, 0.4) is 0 Å². The molecule has 0 spiro atoms. The Bertz CT molecular complexity index is 1000. The molecule has 4 rings (SSSR count). The fourth-order valence-electron chi connectivity index (χ4n) is 4.36. The van der Waals surface area contributed by atoms with Gasteiger partial charge in [-0.3, -0.25) is 4.79 Å². The normalized spacial score (nSPS) is 14.7. The summed E-state index contributed by atoms with van der Waals surface area (Å²) in [6.45, 7) is 5.75. The summed E-state index contributed by atoms with van der Waals surface area (Å²) in [5.74, 6) is 0.578. The van der Waals surface area contributed by atoms with Crippen molar-refractivity contribution in [3.05, 3.63) is 59.4 Å². The molecular formula is C24H31N5O. The summed E-state index contributed by atoms with van der Waals surface area (Å²) >= 11 is 0. The van der Waals surface area contributed by atoms with Crippen LogP contribution < -0.4 is 16.0 Å². The number of hydrogen-bond donors (Lipinski definition) is 3. The first-order valence-electron chi connectivity index (χ1n) is 10.9. The molecule has 0 aliphatic carbocycles. The zero-order valence-corrected chi connectivity index (χ0v) is 17.9. The van der Waals surface area contributed by atoms with Gasteiger partial charge in [0.05, 0.1) is 11.3 Å². The van der Waals surface area contributed by atoms with E-state index in [4.69, 9.17) is 0 Å². The number of aromatic nitrogens is 2. The molecule has 1 aliphatic heterocycles. The highest BCUT2D eigenvalue weighted by molar-refractivity contribution is 6.06. The van der Waals surface area contributed by atoms with Gasteiger partial charge >= 0.3 is 0 Å². The summed E-state index contributed by atoms with van der Waals surface area (Å²) in [7, 11) is 1.85.